The second-order valence-corrected chi connectivity index (χ2v) is 8.85. The fourth-order valence-electron chi connectivity index (χ4n) is 3.51. The van der Waals surface area contributed by atoms with Crippen molar-refractivity contribution >= 4 is 49.4 Å². The summed E-state index contributed by atoms with van der Waals surface area (Å²) in [7, 11) is 0. The Balaban J connectivity index is 1.79. The number of benzene rings is 2. The third-order valence-electron chi connectivity index (χ3n) is 5.01. The van der Waals surface area contributed by atoms with Crippen molar-refractivity contribution < 1.29 is 9.18 Å². The smallest absolute Gasteiger partial charge is 0.295 e. The van der Waals surface area contributed by atoms with Gasteiger partial charge in [-0.15, -0.1) is 0 Å². The second kappa shape index (κ2) is 7.17. The molecule has 0 bridgehead atoms. The van der Waals surface area contributed by atoms with Gasteiger partial charge >= 0.3 is 0 Å². The van der Waals surface area contributed by atoms with Gasteiger partial charge in [-0.25, -0.2) is 4.39 Å². The maximum Gasteiger partial charge on any atom is 0.295 e. The van der Waals surface area contributed by atoms with Gasteiger partial charge in [0.2, 0.25) is 4.96 Å². The molecule has 31 heavy (non-hydrogen) atoms. The first-order valence-corrected chi connectivity index (χ1v) is 10.8. The Labute approximate surface area is 186 Å². The summed E-state index contributed by atoms with van der Waals surface area (Å²) in [5, 5.41) is 4.01. The number of aryl methyl sites for hydroxylation is 1. The number of halogens is 2. The van der Waals surface area contributed by atoms with Crippen LogP contribution in [0.4, 0.5) is 10.1 Å². The van der Waals surface area contributed by atoms with Crippen molar-refractivity contribution in [3.05, 3.63) is 94.8 Å². The fourth-order valence-corrected chi connectivity index (χ4v) is 4.87. The van der Waals surface area contributed by atoms with Crippen molar-refractivity contribution in [2.45, 2.75) is 13.5 Å². The van der Waals surface area contributed by atoms with Gasteiger partial charge in [0.25, 0.3) is 17.0 Å². The number of rotatable bonds is 2. The van der Waals surface area contributed by atoms with Crippen LogP contribution in [0.5, 0.6) is 0 Å². The molecular weight excluding hydrogens is 487 g/mol. The van der Waals surface area contributed by atoms with Gasteiger partial charge in [0.1, 0.15) is 16.0 Å². The summed E-state index contributed by atoms with van der Waals surface area (Å²) in [6.07, 6.45) is 0. The fraction of sp³-hybridized carbons (Fsp3) is 0.0952. The van der Waals surface area contributed by atoms with Crippen LogP contribution in [0.1, 0.15) is 16.8 Å². The summed E-state index contributed by atoms with van der Waals surface area (Å²) in [4.78, 5) is 43.8. The van der Waals surface area contributed by atoms with Gasteiger partial charge in [0.05, 0.1) is 17.8 Å². The van der Waals surface area contributed by atoms with Crippen LogP contribution in [0.3, 0.4) is 0 Å². The highest BCUT2D eigenvalue weighted by molar-refractivity contribution is 9.10. The summed E-state index contributed by atoms with van der Waals surface area (Å²) < 4.78 is 16.1. The lowest BCUT2D eigenvalue weighted by atomic mass is 10.1. The normalized spacial score (nSPS) is 15.1. The molecular formula is C21H12BrFN4O3S. The van der Waals surface area contributed by atoms with Gasteiger partial charge in [0.15, 0.2) is 0 Å². The molecule has 0 unspecified atom stereocenters. The van der Waals surface area contributed by atoms with Crippen LogP contribution in [0, 0.1) is 12.7 Å². The Kier molecular flexibility index (Phi) is 4.56. The Morgan fingerprint density at radius 3 is 2.68 bits per heavy atom. The van der Waals surface area contributed by atoms with Gasteiger partial charge in [0, 0.05) is 15.6 Å². The van der Waals surface area contributed by atoms with Crippen molar-refractivity contribution in [3.8, 4) is 0 Å². The van der Waals surface area contributed by atoms with E-state index in [1.165, 1.54) is 17.9 Å². The van der Waals surface area contributed by atoms with Crippen LogP contribution in [0.15, 0.2) is 56.5 Å². The van der Waals surface area contributed by atoms with Crippen molar-refractivity contribution in [1.82, 2.24) is 14.6 Å². The molecule has 4 aromatic rings. The average Bonchev–Trinajstić information content (AvgIpc) is 3.17. The minimum atomic E-state index is -0.530. The second-order valence-electron chi connectivity index (χ2n) is 6.95. The molecule has 0 aliphatic carbocycles. The highest BCUT2D eigenvalue weighted by Crippen LogP contribution is 2.38. The summed E-state index contributed by atoms with van der Waals surface area (Å²) in [6, 6.07) is 11.5. The van der Waals surface area contributed by atoms with Crippen molar-refractivity contribution in [1.29, 1.82) is 0 Å². The molecule has 0 fully saturated rings. The van der Waals surface area contributed by atoms with Crippen molar-refractivity contribution in [2.75, 3.05) is 4.90 Å². The van der Waals surface area contributed by atoms with E-state index >= 15 is 0 Å². The number of carbonyl (C=O) groups is 1. The Bertz CT molecular complexity index is 1580. The standard InChI is InChI=1S/C21H12BrFN4O3S/c1-10-18(28)24-21-27(25-10)20(30)17(31-21)16-13-8-12(22)6-7-15(13)26(19(16)29)9-11-4-2-3-5-14(11)23/h2-8H,9H2,1H3/b17-16-. The molecule has 0 radical (unpaired) electrons. The molecule has 1 aliphatic heterocycles. The number of nitrogens with zero attached hydrogens (tertiary/aromatic N) is 4. The van der Waals surface area contributed by atoms with E-state index in [1.807, 2.05) is 0 Å². The Morgan fingerprint density at radius 2 is 1.90 bits per heavy atom. The topological polar surface area (TPSA) is 84.6 Å². The Morgan fingerprint density at radius 1 is 1.13 bits per heavy atom. The average molecular weight is 499 g/mol. The largest absolute Gasteiger partial charge is 0.303 e. The maximum atomic E-state index is 14.3. The summed E-state index contributed by atoms with van der Waals surface area (Å²) in [6.45, 7) is 1.48. The van der Waals surface area contributed by atoms with Crippen molar-refractivity contribution in [3.63, 3.8) is 0 Å². The first kappa shape index (κ1) is 19.7. The molecule has 3 heterocycles. The molecule has 0 N–H and O–H groups in total. The highest BCUT2D eigenvalue weighted by atomic mass is 79.9. The van der Waals surface area contributed by atoms with Crippen LogP contribution in [0.25, 0.3) is 10.5 Å². The molecule has 5 rings (SSSR count). The summed E-state index contributed by atoms with van der Waals surface area (Å²) >= 11 is 4.34. The van der Waals surface area contributed by atoms with Crippen LogP contribution in [0.2, 0.25) is 0 Å². The number of hydrogen-bond donors (Lipinski definition) is 0. The molecule has 10 heteroatoms. The molecule has 0 spiro atoms. The molecule has 154 valence electrons. The first-order valence-electron chi connectivity index (χ1n) is 9.15. The van der Waals surface area contributed by atoms with E-state index in [0.717, 1.165) is 20.3 Å². The quantitative estimate of drug-likeness (QED) is 0.422. The third-order valence-corrected chi connectivity index (χ3v) is 6.53. The first-order chi connectivity index (χ1) is 14.8. The lowest BCUT2D eigenvalue weighted by Gasteiger charge is -2.17. The van der Waals surface area contributed by atoms with Crippen LogP contribution < -0.4 is 20.6 Å². The van der Waals surface area contributed by atoms with E-state index in [1.54, 1.807) is 36.4 Å². The number of amides is 1. The van der Waals surface area contributed by atoms with E-state index < -0.39 is 22.8 Å². The molecule has 1 amide bonds. The van der Waals surface area contributed by atoms with Crippen LogP contribution in [-0.4, -0.2) is 20.5 Å². The monoisotopic (exact) mass is 498 g/mol. The number of carbonyl (C=O) groups excluding carboxylic acids is 1. The van der Waals surface area contributed by atoms with Gasteiger partial charge < -0.3 is 4.90 Å². The van der Waals surface area contributed by atoms with Crippen LogP contribution in [-0.2, 0) is 11.3 Å². The van der Waals surface area contributed by atoms with E-state index in [2.05, 4.69) is 26.0 Å². The zero-order chi connectivity index (χ0) is 21.9. The molecule has 0 saturated heterocycles. The maximum absolute atomic E-state index is 14.3. The summed E-state index contributed by atoms with van der Waals surface area (Å²) in [5.41, 5.74) is 0.673. The SMILES string of the molecule is Cc1nn2c(=O)/c(=C3/C(=O)N(Cc4ccccc4F)c4ccc(Br)cc43)sc2nc1=O. The number of fused-ring (bicyclic) bond motifs is 2. The number of hydrogen-bond acceptors (Lipinski definition) is 6. The number of anilines is 1. The molecule has 2 aromatic carbocycles. The van der Waals surface area contributed by atoms with E-state index in [-0.39, 0.29) is 27.3 Å². The third kappa shape index (κ3) is 3.10. The van der Waals surface area contributed by atoms with Crippen molar-refractivity contribution in [2.24, 2.45) is 0 Å². The van der Waals surface area contributed by atoms with E-state index in [4.69, 9.17) is 0 Å². The zero-order valence-corrected chi connectivity index (χ0v) is 18.3. The molecule has 7 nitrogen and oxygen atoms in total. The highest BCUT2D eigenvalue weighted by Gasteiger charge is 2.35. The molecule has 0 saturated carbocycles. The van der Waals surface area contributed by atoms with Gasteiger partial charge in [-0.2, -0.15) is 14.6 Å². The van der Waals surface area contributed by atoms with Gasteiger partial charge in [-0.05, 0) is 31.2 Å². The molecule has 2 aromatic heterocycles. The number of aromatic nitrogens is 3. The minimum Gasteiger partial charge on any atom is -0.303 e. The van der Waals surface area contributed by atoms with Crippen LogP contribution >= 0.6 is 27.3 Å². The van der Waals surface area contributed by atoms with Gasteiger partial charge in [-0.3, -0.25) is 14.4 Å². The van der Waals surface area contributed by atoms with E-state index in [9.17, 15) is 18.8 Å². The Hall–Kier alpha value is -3.24. The zero-order valence-electron chi connectivity index (χ0n) is 15.9. The number of thiazole rings is 1. The predicted molar refractivity (Wildman–Crippen MR) is 118 cm³/mol. The summed E-state index contributed by atoms with van der Waals surface area (Å²) in [5.74, 6) is -0.851. The molecule has 1 aliphatic rings. The lowest BCUT2D eigenvalue weighted by molar-refractivity contribution is -0.113. The van der Waals surface area contributed by atoms with Gasteiger partial charge in [-0.1, -0.05) is 45.5 Å². The predicted octanol–water partition coefficient (Wildman–Crippen LogP) is 2.19. The molecule has 0 atom stereocenters. The van der Waals surface area contributed by atoms with E-state index in [0.29, 0.717) is 16.8 Å². The lowest BCUT2D eigenvalue weighted by Crippen LogP contribution is -2.33. The minimum absolute atomic E-state index is 0.0101.